The molecule has 1 aromatic rings. The maximum absolute atomic E-state index is 11.9. The molecule has 100 valence electrons. The van der Waals surface area contributed by atoms with E-state index in [0.717, 1.165) is 41.3 Å². The highest BCUT2D eigenvalue weighted by atomic mass is 79.9. The molecule has 0 unspecified atom stereocenters. The van der Waals surface area contributed by atoms with Gasteiger partial charge in [-0.25, -0.2) is 0 Å². The molecular formula is C14H20BrNO2. The van der Waals surface area contributed by atoms with Gasteiger partial charge in [-0.05, 0) is 37.5 Å². The highest BCUT2D eigenvalue weighted by Gasteiger charge is 2.09. The molecule has 3 nitrogen and oxygen atoms in total. The predicted octanol–water partition coefficient (Wildman–Crippen LogP) is 3.04. The van der Waals surface area contributed by atoms with Gasteiger partial charge in [-0.15, -0.1) is 0 Å². The first kappa shape index (κ1) is 15.2. The standard InChI is InChI=1S/C14H20BrNO2/c1-11-12(7-6-8-13(11)15)14(18)16-9-4-2-3-5-10-17/h6-8,17H,2-5,9-10H2,1H3,(H,16,18). The predicted molar refractivity (Wildman–Crippen MR) is 76.8 cm³/mol. The maximum Gasteiger partial charge on any atom is 0.251 e. The molecule has 1 amide bonds. The zero-order valence-corrected chi connectivity index (χ0v) is 12.3. The third kappa shape index (κ3) is 4.78. The van der Waals surface area contributed by atoms with E-state index < -0.39 is 0 Å². The molecule has 0 aliphatic rings. The van der Waals surface area contributed by atoms with Crippen LogP contribution in [-0.4, -0.2) is 24.2 Å². The molecule has 0 spiro atoms. The van der Waals surface area contributed by atoms with Crippen LogP contribution >= 0.6 is 15.9 Å². The van der Waals surface area contributed by atoms with Crippen LogP contribution in [0.1, 0.15) is 41.6 Å². The first-order valence-electron chi connectivity index (χ1n) is 6.31. The molecule has 0 aromatic heterocycles. The topological polar surface area (TPSA) is 49.3 Å². The lowest BCUT2D eigenvalue weighted by atomic mass is 10.1. The minimum atomic E-state index is -0.0176. The molecule has 0 aliphatic carbocycles. The average Bonchev–Trinajstić information content (AvgIpc) is 2.36. The van der Waals surface area contributed by atoms with Crippen LogP contribution < -0.4 is 5.32 Å². The Balaban J connectivity index is 2.35. The Kier molecular flexibility index (Phi) is 6.98. The average molecular weight is 314 g/mol. The van der Waals surface area contributed by atoms with Crippen molar-refractivity contribution < 1.29 is 9.90 Å². The fourth-order valence-electron chi connectivity index (χ4n) is 1.74. The molecule has 0 heterocycles. The Morgan fingerprint density at radius 2 is 2.00 bits per heavy atom. The Morgan fingerprint density at radius 1 is 1.28 bits per heavy atom. The van der Waals surface area contributed by atoms with Crippen LogP contribution in [0.25, 0.3) is 0 Å². The van der Waals surface area contributed by atoms with E-state index in [4.69, 9.17) is 5.11 Å². The number of carbonyl (C=O) groups excluding carboxylic acids is 1. The van der Waals surface area contributed by atoms with E-state index in [1.54, 1.807) is 0 Å². The summed E-state index contributed by atoms with van der Waals surface area (Å²) in [5, 5.41) is 11.6. The van der Waals surface area contributed by atoms with Crippen molar-refractivity contribution in [3.63, 3.8) is 0 Å². The summed E-state index contributed by atoms with van der Waals surface area (Å²) in [6, 6.07) is 5.63. The summed E-state index contributed by atoms with van der Waals surface area (Å²) in [4.78, 5) is 11.9. The van der Waals surface area contributed by atoms with Gasteiger partial charge in [-0.2, -0.15) is 0 Å². The summed E-state index contributed by atoms with van der Waals surface area (Å²) < 4.78 is 0.957. The number of carbonyl (C=O) groups is 1. The molecular weight excluding hydrogens is 294 g/mol. The van der Waals surface area contributed by atoms with Crippen LogP contribution in [0, 0.1) is 6.92 Å². The lowest BCUT2D eigenvalue weighted by Crippen LogP contribution is -2.25. The summed E-state index contributed by atoms with van der Waals surface area (Å²) in [6.07, 6.45) is 3.86. The monoisotopic (exact) mass is 313 g/mol. The van der Waals surface area contributed by atoms with Crippen LogP contribution in [0.2, 0.25) is 0 Å². The summed E-state index contributed by atoms with van der Waals surface area (Å²) in [5.74, 6) is -0.0176. The van der Waals surface area contributed by atoms with E-state index in [1.807, 2.05) is 25.1 Å². The van der Waals surface area contributed by atoms with E-state index in [0.29, 0.717) is 6.54 Å². The molecule has 0 atom stereocenters. The van der Waals surface area contributed by atoms with E-state index in [2.05, 4.69) is 21.2 Å². The number of halogens is 1. The summed E-state index contributed by atoms with van der Waals surface area (Å²) in [7, 11) is 0. The van der Waals surface area contributed by atoms with Crippen molar-refractivity contribution in [2.24, 2.45) is 0 Å². The molecule has 1 rings (SSSR count). The molecule has 0 fully saturated rings. The van der Waals surface area contributed by atoms with Gasteiger partial charge in [0.15, 0.2) is 0 Å². The van der Waals surface area contributed by atoms with Crippen LogP contribution in [0.15, 0.2) is 22.7 Å². The van der Waals surface area contributed by atoms with Gasteiger partial charge in [-0.3, -0.25) is 4.79 Å². The summed E-state index contributed by atoms with van der Waals surface area (Å²) in [5.41, 5.74) is 1.69. The minimum Gasteiger partial charge on any atom is -0.396 e. The Labute approximate surface area is 117 Å². The van der Waals surface area contributed by atoms with Crippen molar-refractivity contribution in [3.8, 4) is 0 Å². The van der Waals surface area contributed by atoms with Gasteiger partial charge in [-0.1, -0.05) is 34.8 Å². The highest BCUT2D eigenvalue weighted by molar-refractivity contribution is 9.10. The van der Waals surface area contributed by atoms with Gasteiger partial charge >= 0.3 is 0 Å². The SMILES string of the molecule is Cc1c(Br)cccc1C(=O)NCCCCCCO. The molecule has 0 saturated heterocycles. The largest absolute Gasteiger partial charge is 0.396 e. The van der Waals surface area contributed by atoms with Crippen LogP contribution in [-0.2, 0) is 0 Å². The molecule has 0 saturated carbocycles. The third-order valence-corrected chi connectivity index (χ3v) is 3.74. The Bertz CT molecular complexity index is 393. The van der Waals surface area contributed by atoms with Crippen molar-refractivity contribution in [1.29, 1.82) is 0 Å². The first-order valence-corrected chi connectivity index (χ1v) is 7.10. The van der Waals surface area contributed by atoms with Gasteiger partial charge in [0, 0.05) is 23.2 Å². The first-order chi connectivity index (χ1) is 8.66. The number of nitrogens with one attached hydrogen (secondary N) is 1. The van der Waals surface area contributed by atoms with Crippen LogP contribution in [0.5, 0.6) is 0 Å². The van der Waals surface area contributed by atoms with E-state index in [9.17, 15) is 4.79 Å². The second-order valence-corrected chi connectivity index (χ2v) is 5.16. The number of aliphatic hydroxyl groups is 1. The van der Waals surface area contributed by atoms with E-state index in [1.165, 1.54) is 0 Å². The normalized spacial score (nSPS) is 10.4. The fourth-order valence-corrected chi connectivity index (χ4v) is 2.11. The molecule has 18 heavy (non-hydrogen) atoms. The second kappa shape index (κ2) is 8.27. The van der Waals surface area contributed by atoms with Crippen molar-refractivity contribution in [1.82, 2.24) is 5.32 Å². The van der Waals surface area contributed by atoms with Crippen molar-refractivity contribution in [2.75, 3.05) is 13.2 Å². The second-order valence-electron chi connectivity index (χ2n) is 4.31. The summed E-state index contributed by atoms with van der Waals surface area (Å²) >= 11 is 3.42. The van der Waals surface area contributed by atoms with Crippen LogP contribution in [0.3, 0.4) is 0 Å². The Morgan fingerprint density at radius 3 is 2.72 bits per heavy atom. The lowest BCUT2D eigenvalue weighted by molar-refractivity contribution is 0.0952. The van der Waals surface area contributed by atoms with Gasteiger partial charge in [0.05, 0.1) is 0 Å². The number of unbranched alkanes of at least 4 members (excludes halogenated alkanes) is 3. The molecule has 0 radical (unpaired) electrons. The summed E-state index contributed by atoms with van der Waals surface area (Å²) in [6.45, 7) is 2.88. The number of hydrogen-bond donors (Lipinski definition) is 2. The lowest BCUT2D eigenvalue weighted by Gasteiger charge is -2.08. The highest BCUT2D eigenvalue weighted by Crippen LogP contribution is 2.19. The van der Waals surface area contributed by atoms with Crippen molar-refractivity contribution >= 4 is 21.8 Å². The maximum atomic E-state index is 11.9. The molecule has 0 aliphatic heterocycles. The molecule has 2 N–H and O–H groups in total. The van der Waals surface area contributed by atoms with Gasteiger partial charge in [0.25, 0.3) is 5.91 Å². The fraction of sp³-hybridized carbons (Fsp3) is 0.500. The quantitative estimate of drug-likeness (QED) is 0.760. The molecule has 0 bridgehead atoms. The molecule has 4 heteroatoms. The minimum absolute atomic E-state index is 0.0176. The smallest absolute Gasteiger partial charge is 0.251 e. The van der Waals surface area contributed by atoms with Gasteiger partial charge < -0.3 is 10.4 Å². The van der Waals surface area contributed by atoms with Crippen molar-refractivity contribution in [3.05, 3.63) is 33.8 Å². The zero-order valence-electron chi connectivity index (χ0n) is 10.7. The number of rotatable bonds is 7. The molecule has 1 aromatic carbocycles. The van der Waals surface area contributed by atoms with Gasteiger partial charge in [0.1, 0.15) is 0 Å². The van der Waals surface area contributed by atoms with E-state index in [-0.39, 0.29) is 12.5 Å². The number of benzene rings is 1. The van der Waals surface area contributed by atoms with Crippen LogP contribution in [0.4, 0.5) is 0 Å². The third-order valence-electron chi connectivity index (χ3n) is 2.88. The van der Waals surface area contributed by atoms with E-state index >= 15 is 0 Å². The number of amides is 1. The number of hydrogen-bond acceptors (Lipinski definition) is 2. The van der Waals surface area contributed by atoms with Crippen molar-refractivity contribution in [2.45, 2.75) is 32.6 Å². The van der Waals surface area contributed by atoms with Gasteiger partial charge in [0.2, 0.25) is 0 Å². The Hall–Kier alpha value is -0.870. The number of aliphatic hydroxyl groups excluding tert-OH is 1. The zero-order chi connectivity index (χ0) is 13.4.